The van der Waals surface area contributed by atoms with Crippen molar-refractivity contribution in [2.24, 2.45) is 0 Å². The zero-order valence-corrected chi connectivity index (χ0v) is 56.8. The van der Waals surface area contributed by atoms with E-state index in [2.05, 4.69) is 274 Å². The van der Waals surface area contributed by atoms with Gasteiger partial charge in [0, 0.05) is 66.1 Å². The summed E-state index contributed by atoms with van der Waals surface area (Å²) in [6, 6.07) is 91.5. The van der Waals surface area contributed by atoms with Gasteiger partial charge in [0.2, 0.25) is 0 Å². The minimum absolute atomic E-state index is 0.0893. The minimum atomic E-state index is -0.0893. The molecule has 0 radical (unpaired) electrons. The van der Waals surface area contributed by atoms with Crippen molar-refractivity contribution in [1.29, 1.82) is 0 Å². The first kappa shape index (κ1) is 61.2. The van der Waals surface area contributed by atoms with Crippen molar-refractivity contribution in [3.8, 4) is 102 Å². The van der Waals surface area contributed by atoms with E-state index >= 15 is 0 Å². The lowest BCUT2D eigenvalue weighted by atomic mass is 9.85. The molecule has 4 aromatic heterocycles. The van der Waals surface area contributed by atoms with Gasteiger partial charge in [-0.2, -0.15) is 0 Å². The molecule has 11 aromatic carbocycles. The fourth-order valence-electron chi connectivity index (χ4n) is 13.6. The Balaban J connectivity index is 1.07. The molecule has 0 fully saturated rings. The lowest BCUT2D eigenvalue weighted by Gasteiger charge is -2.22. The topological polar surface area (TPSA) is 87.2 Å². The Labute approximate surface area is 563 Å². The highest BCUT2D eigenvalue weighted by Crippen LogP contribution is 2.48. The molecule has 0 aliphatic rings. The van der Waals surface area contributed by atoms with E-state index < -0.39 is 0 Å². The predicted molar refractivity (Wildman–Crippen MR) is 400 cm³/mol. The predicted octanol–water partition coefficient (Wildman–Crippen LogP) is 22.8. The highest BCUT2D eigenvalue weighted by atomic mass is 15.1. The maximum absolute atomic E-state index is 5.50. The molecule has 0 bridgehead atoms. The van der Waals surface area contributed by atoms with Crippen LogP contribution in [0.15, 0.2) is 255 Å². The van der Waals surface area contributed by atoms with Crippen molar-refractivity contribution in [3.63, 3.8) is 0 Å². The molecule has 4 heterocycles. The van der Waals surface area contributed by atoms with Gasteiger partial charge in [-0.25, -0.2) is 29.9 Å². The van der Waals surface area contributed by atoms with Crippen molar-refractivity contribution in [2.45, 2.75) is 105 Å². The summed E-state index contributed by atoms with van der Waals surface area (Å²) < 4.78 is 4.95. The van der Waals surface area contributed by atoms with Crippen molar-refractivity contribution in [1.82, 2.24) is 39.0 Å². The smallest absolute Gasteiger partial charge is 0.164 e. The highest BCUT2D eigenvalue weighted by Gasteiger charge is 2.29. The number of hydrogen-bond donors (Lipinski definition) is 0. The molecule has 0 saturated carbocycles. The van der Waals surface area contributed by atoms with Gasteiger partial charge in [0.15, 0.2) is 34.9 Å². The quantitative estimate of drug-likeness (QED) is 0.136. The number of hydrogen-bond acceptors (Lipinski definition) is 6. The van der Waals surface area contributed by atoms with Crippen molar-refractivity contribution >= 4 is 43.6 Å². The summed E-state index contributed by atoms with van der Waals surface area (Å²) in [6.45, 7) is 27.6. The largest absolute Gasteiger partial charge is 0.309 e. The summed E-state index contributed by atoms with van der Waals surface area (Å²) in [7, 11) is 0. The van der Waals surface area contributed by atoms with Crippen molar-refractivity contribution < 1.29 is 0 Å². The Hall–Kier alpha value is -11.0. The first-order valence-electron chi connectivity index (χ1n) is 33.4. The van der Waals surface area contributed by atoms with Crippen LogP contribution in [0.2, 0.25) is 0 Å². The molecule has 8 heteroatoms. The van der Waals surface area contributed by atoms with Gasteiger partial charge in [0.25, 0.3) is 0 Å². The van der Waals surface area contributed by atoms with E-state index in [1.165, 1.54) is 43.8 Å². The van der Waals surface area contributed by atoms with Gasteiger partial charge in [0.05, 0.1) is 33.4 Å². The van der Waals surface area contributed by atoms with Crippen LogP contribution in [0.25, 0.3) is 146 Å². The lowest BCUT2D eigenvalue weighted by Crippen LogP contribution is -2.10. The second-order valence-electron chi connectivity index (χ2n) is 29.7. The third-order valence-corrected chi connectivity index (χ3v) is 18.9. The van der Waals surface area contributed by atoms with Gasteiger partial charge < -0.3 is 9.13 Å². The van der Waals surface area contributed by atoms with Crippen LogP contribution in [0.5, 0.6) is 0 Å². The van der Waals surface area contributed by atoms with E-state index in [4.69, 9.17) is 29.9 Å². The molecule has 0 aliphatic carbocycles. The van der Waals surface area contributed by atoms with E-state index in [9.17, 15) is 0 Å². The molecule has 0 aliphatic heterocycles. The van der Waals surface area contributed by atoms with Crippen LogP contribution >= 0.6 is 0 Å². The second-order valence-corrected chi connectivity index (χ2v) is 29.7. The Morgan fingerprint density at radius 1 is 0.219 bits per heavy atom. The van der Waals surface area contributed by atoms with Gasteiger partial charge in [-0.3, -0.25) is 0 Å². The number of aromatic nitrogens is 8. The fourth-order valence-corrected chi connectivity index (χ4v) is 13.6. The molecular weight excluding hydrogens is 1170 g/mol. The average molecular weight is 1250 g/mol. The molecule has 0 saturated heterocycles. The number of fused-ring (bicyclic) bond motifs is 6. The Bertz CT molecular complexity index is 4880. The number of rotatable bonds is 10. The van der Waals surface area contributed by atoms with Crippen molar-refractivity contribution in [2.75, 3.05) is 0 Å². The van der Waals surface area contributed by atoms with Gasteiger partial charge >= 0.3 is 0 Å². The first-order chi connectivity index (χ1) is 46.1. The second kappa shape index (κ2) is 23.5. The molecule has 15 rings (SSSR count). The molecule has 0 atom stereocenters. The molecule has 0 amide bonds. The van der Waals surface area contributed by atoms with E-state index in [-0.39, 0.29) is 21.7 Å². The van der Waals surface area contributed by atoms with Gasteiger partial charge in [-0.1, -0.05) is 271 Å². The molecule has 96 heavy (non-hydrogen) atoms. The van der Waals surface area contributed by atoms with Crippen molar-refractivity contribution in [3.05, 3.63) is 277 Å². The molecule has 15 aromatic rings. The van der Waals surface area contributed by atoms with Crippen LogP contribution in [-0.2, 0) is 21.7 Å². The standard InChI is InChI=1S/C88H78N8/c1-85(2,3)61-42-46-71-67(51-61)68-52-62(86(4,5)6)43-47-72(68)95(71)75-40-26-38-65(83-91-79(55-28-17-13-18-29-55)89-80(92-83)56-30-19-14-20-31-56)77(75)59-36-25-37-60(50-59)78-66(84-93-81(57-32-21-15-22-33-57)90-82(94-84)58-34-23-16-24-35-58)39-27-41-76(78)96-73-48-44-63(87(7,8)9)53-69(73)70-54-64(88(10,11)12)45-49-74(70)96/h13-54H,1-12H3. The summed E-state index contributed by atoms with van der Waals surface area (Å²) in [6.07, 6.45) is 0. The van der Waals surface area contributed by atoms with E-state index in [1.54, 1.807) is 0 Å². The first-order valence-corrected chi connectivity index (χ1v) is 33.4. The third kappa shape index (κ3) is 11.2. The van der Waals surface area contributed by atoms with Crippen LogP contribution in [0.1, 0.15) is 105 Å². The summed E-state index contributed by atoms with van der Waals surface area (Å²) in [5.41, 5.74) is 20.3. The molecule has 0 N–H and O–H groups in total. The van der Waals surface area contributed by atoms with E-state index in [0.29, 0.717) is 34.9 Å². The van der Waals surface area contributed by atoms with Crippen LogP contribution in [0.4, 0.5) is 0 Å². The zero-order chi connectivity index (χ0) is 66.4. The van der Waals surface area contributed by atoms with E-state index in [1.807, 2.05) is 72.8 Å². The molecule has 470 valence electrons. The summed E-state index contributed by atoms with van der Waals surface area (Å²) in [5.74, 6) is 3.45. The summed E-state index contributed by atoms with van der Waals surface area (Å²) in [5, 5.41) is 4.79. The van der Waals surface area contributed by atoms with Crippen LogP contribution in [0, 0.1) is 0 Å². The average Bonchev–Trinajstić information content (AvgIpc) is 1.54. The number of nitrogens with zero attached hydrogens (tertiary/aromatic N) is 8. The monoisotopic (exact) mass is 1250 g/mol. The Kier molecular flexibility index (Phi) is 15.0. The molecule has 8 nitrogen and oxygen atoms in total. The third-order valence-electron chi connectivity index (χ3n) is 18.9. The lowest BCUT2D eigenvalue weighted by molar-refractivity contribution is 0.590. The SMILES string of the molecule is CC(C)(C)c1ccc2c(c1)c1cc(C(C)(C)C)ccc1n2-c1cccc(-c2nc(-c3ccccc3)nc(-c3ccccc3)n2)c1-c1cccc(-c2c(-c3nc(-c4ccccc4)nc(-c4ccccc4)n3)cccc2-n2c3ccc(C(C)(C)C)cc3c3cc(C(C)(C)C)ccc32)c1. The van der Waals surface area contributed by atoms with Crippen LogP contribution in [0.3, 0.4) is 0 Å². The maximum Gasteiger partial charge on any atom is 0.164 e. The molecular formula is C88H78N8. The van der Waals surface area contributed by atoms with Gasteiger partial charge in [0.1, 0.15) is 0 Å². The summed E-state index contributed by atoms with van der Waals surface area (Å²) >= 11 is 0. The maximum atomic E-state index is 5.50. The fraction of sp³-hybridized carbons (Fsp3) is 0.182. The number of benzene rings is 11. The Morgan fingerprint density at radius 3 is 0.719 bits per heavy atom. The Morgan fingerprint density at radius 2 is 0.458 bits per heavy atom. The van der Waals surface area contributed by atoms with Gasteiger partial charge in [-0.15, -0.1) is 0 Å². The van der Waals surface area contributed by atoms with E-state index in [0.717, 1.165) is 89.1 Å². The zero-order valence-electron chi connectivity index (χ0n) is 56.8. The molecule has 0 spiro atoms. The highest BCUT2D eigenvalue weighted by molar-refractivity contribution is 6.12. The van der Waals surface area contributed by atoms with Crippen LogP contribution < -0.4 is 0 Å². The minimum Gasteiger partial charge on any atom is -0.309 e. The molecule has 0 unspecified atom stereocenters. The normalized spacial score (nSPS) is 12.4. The van der Waals surface area contributed by atoms with Gasteiger partial charge in [-0.05, 0) is 122 Å². The van der Waals surface area contributed by atoms with Crippen LogP contribution in [-0.4, -0.2) is 39.0 Å². The summed E-state index contributed by atoms with van der Waals surface area (Å²) in [4.78, 5) is 32.4.